The molecule has 0 radical (unpaired) electrons. The van der Waals surface area contributed by atoms with E-state index in [-0.39, 0.29) is 31.2 Å². The molecular weight excluding hydrogens is 504 g/mol. The fourth-order valence-corrected chi connectivity index (χ4v) is 5.98. The molecule has 0 bridgehead atoms. The summed E-state index contributed by atoms with van der Waals surface area (Å²) in [6.07, 6.45) is -1.58. The zero-order chi connectivity index (χ0) is 25.8. The van der Waals surface area contributed by atoms with Crippen LogP contribution in [0.2, 0.25) is 5.02 Å². The van der Waals surface area contributed by atoms with Gasteiger partial charge >= 0.3 is 0 Å². The van der Waals surface area contributed by atoms with Crippen molar-refractivity contribution >= 4 is 11.6 Å². The summed E-state index contributed by atoms with van der Waals surface area (Å²) in [5, 5.41) is 0.651. The average Bonchev–Trinajstić information content (AvgIpc) is 3.60. The highest BCUT2D eigenvalue weighted by molar-refractivity contribution is 6.33. The quantitative estimate of drug-likeness (QED) is 0.515. The zero-order valence-corrected chi connectivity index (χ0v) is 22.7. The number of rotatable bonds is 7. The van der Waals surface area contributed by atoms with Gasteiger partial charge in [0.05, 0.1) is 18.2 Å². The number of piperazine rings is 1. The highest BCUT2D eigenvalue weighted by Gasteiger charge is 2.59. The lowest BCUT2D eigenvalue weighted by atomic mass is 10.1. The Hall–Kier alpha value is -1.21. The van der Waals surface area contributed by atoms with Crippen LogP contribution in [0.25, 0.3) is 0 Å². The Morgan fingerprint density at radius 2 is 1.68 bits per heavy atom. The third-order valence-corrected chi connectivity index (χ3v) is 7.97. The van der Waals surface area contributed by atoms with E-state index in [1.54, 1.807) is 0 Å². The molecule has 4 fully saturated rings. The first kappa shape index (κ1) is 26.0. The molecular formula is C26H37ClN2O8. The highest BCUT2D eigenvalue weighted by atomic mass is 35.5. The van der Waals surface area contributed by atoms with Crippen LogP contribution in [0, 0.1) is 0 Å². The zero-order valence-electron chi connectivity index (χ0n) is 21.9. The molecule has 5 aliphatic heterocycles. The number of fused-ring (bicyclic) bond motifs is 2. The molecule has 1 aromatic carbocycles. The van der Waals surface area contributed by atoms with Gasteiger partial charge in [-0.15, -0.1) is 0 Å². The van der Waals surface area contributed by atoms with Gasteiger partial charge in [0, 0.05) is 39.3 Å². The molecule has 5 aliphatic rings. The lowest BCUT2D eigenvalue weighted by molar-refractivity contribution is -0.248. The number of benzene rings is 1. The molecule has 5 heterocycles. The largest absolute Gasteiger partial charge is 0.454 e. The first-order chi connectivity index (χ1) is 17.7. The van der Waals surface area contributed by atoms with E-state index < -0.39 is 17.9 Å². The number of hydrogen-bond acceptors (Lipinski definition) is 10. The maximum atomic E-state index is 6.55. The molecule has 6 rings (SSSR count). The summed E-state index contributed by atoms with van der Waals surface area (Å²) in [6, 6.07) is 3.96. The van der Waals surface area contributed by atoms with Crippen molar-refractivity contribution in [1.29, 1.82) is 0 Å². The van der Waals surface area contributed by atoms with Crippen LogP contribution in [0.3, 0.4) is 0 Å². The van der Waals surface area contributed by atoms with Crippen LogP contribution in [0.5, 0.6) is 11.5 Å². The Balaban J connectivity index is 0.975. The fourth-order valence-electron chi connectivity index (χ4n) is 5.71. The Morgan fingerprint density at radius 3 is 2.43 bits per heavy atom. The van der Waals surface area contributed by atoms with Crippen molar-refractivity contribution in [3.05, 3.63) is 22.7 Å². The third kappa shape index (κ3) is 5.46. The van der Waals surface area contributed by atoms with Crippen molar-refractivity contribution in [3.8, 4) is 11.5 Å². The number of ether oxygens (including phenoxy) is 8. The Kier molecular flexibility index (Phi) is 7.09. The smallest absolute Gasteiger partial charge is 0.231 e. The second kappa shape index (κ2) is 10.1. The Labute approximate surface area is 222 Å². The molecule has 0 N–H and O–H groups in total. The molecule has 4 saturated heterocycles. The second-order valence-corrected chi connectivity index (χ2v) is 11.5. The topological polar surface area (TPSA) is 80.3 Å². The van der Waals surface area contributed by atoms with E-state index in [0.29, 0.717) is 29.7 Å². The van der Waals surface area contributed by atoms with Gasteiger partial charge in [0.25, 0.3) is 0 Å². The van der Waals surface area contributed by atoms with Gasteiger partial charge < -0.3 is 37.9 Å². The van der Waals surface area contributed by atoms with Gasteiger partial charge in [-0.3, -0.25) is 9.80 Å². The third-order valence-electron chi connectivity index (χ3n) is 7.55. The molecule has 1 aromatic rings. The normalized spacial score (nSPS) is 34.8. The summed E-state index contributed by atoms with van der Waals surface area (Å²) < 4.78 is 47.6. The van der Waals surface area contributed by atoms with E-state index in [1.165, 1.54) is 0 Å². The summed E-state index contributed by atoms with van der Waals surface area (Å²) in [5.41, 5.74) is 1.06. The number of nitrogens with zero attached hydrogens (tertiary/aromatic N) is 2. The molecule has 0 unspecified atom stereocenters. The minimum Gasteiger partial charge on any atom is -0.454 e. The predicted molar refractivity (Wildman–Crippen MR) is 133 cm³/mol. The standard InChI is InChI=1S/C26H37ClN2O8/c1-25(2)33-14-18(35-25)21-22-23(37-26(3,4)36-22)24(34-21)30-12-11-28-7-9-29(10-8-28)13-16-5-6-17-20(19(16)27)32-15-31-17/h5-6,18,21-24H,7-15H2,1-4H3/t18-,21-,22+,23+,24+/m1/s1. The van der Waals surface area contributed by atoms with Crippen LogP contribution >= 0.6 is 11.6 Å². The number of hydrogen-bond donors (Lipinski definition) is 0. The van der Waals surface area contributed by atoms with Crippen LogP contribution < -0.4 is 9.47 Å². The lowest BCUT2D eigenvalue weighted by Crippen LogP contribution is -2.47. The van der Waals surface area contributed by atoms with Gasteiger partial charge in [0.2, 0.25) is 6.79 Å². The maximum absolute atomic E-state index is 6.55. The lowest BCUT2D eigenvalue weighted by Gasteiger charge is -2.35. The molecule has 0 spiro atoms. The molecule has 37 heavy (non-hydrogen) atoms. The van der Waals surface area contributed by atoms with E-state index in [1.807, 2.05) is 39.8 Å². The summed E-state index contributed by atoms with van der Waals surface area (Å²) in [5.74, 6) is 0.0524. The summed E-state index contributed by atoms with van der Waals surface area (Å²) in [6.45, 7) is 14.3. The van der Waals surface area contributed by atoms with Crippen LogP contribution in [-0.4, -0.2) is 105 Å². The molecule has 10 nitrogen and oxygen atoms in total. The van der Waals surface area contributed by atoms with Crippen molar-refractivity contribution in [3.63, 3.8) is 0 Å². The molecule has 0 aliphatic carbocycles. The van der Waals surface area contributed by atoms with Gasteiger partial charge in [0.15, 0.2) is 29.4 Å². The first-order valence-corrected chi connectivity index (χ1v) is 13.5. The van der Waals surface area contributed by atoms with E-state index in [9.17, 15) is 0 Å². The molecule has 5 atom stereocenters. The van der Waals surface area contributed by atoms with Gasteiger partial charge in [-0.1, -0.05) is 17.7 Å². The first-order valence-electron chi connectivity index (χ1n) is 13.1. The van der Waals surface area contributed by atoms with Crippen molar-refractivity contribution in [1.82, 2.24) is 9.80 Å². The molecule has 0 amide bonds. The van der Waals surface area contributed by atoms with Gasteiger partial charge in [-0.05, 0) is 39.3 Å². The predicted octanol–water partition coefficient (Wildman–Crippen LogP) is 2.60. The molecule has 0 aromatic heterocycles. The van der Waals surface area contributed by atoms with E-state index in [4.69, 9.17) is 49.5 Å². The average molecular weight is 541 g/mol. The summed E-state index contributed by atoms with van der Waals surface area (Å²) in [7, 11) is 0. The van der Waals surface area contributed by atoms with Gasteiger partial charge in [0.1, 0.15) is 24.4 Å². The van der Waals surface area contributed by atoms with Gasteiger partial charge in [-0.2, -0.15) is 0 Å². The number of halogens is 1. The molecule has 0 saturated carbocycles. The van der Waals surface area contributed by atoms with Crippen molar-refractivity contribution < 1.29 is 37.9 Å². The Morgan fingerprint density at radius 1 is 0.919 bits per heavy atom. The van der Waals surface area contributed by atoms with Crippen LogP contribution in [0.15, 0.2) is 12.1 Å². The van der Waals surface area contributed by atoms with Crippen LogP contribution in [0.1, 0.15) is 33.3 Å². The SMILES string of the molecule is CC1(C)O[C@@H]2[C@H](O1)[C@@H](OCCN1CCN(Cc3ccc4c(c3Cl)OCO4)CC1)O[C@@H]2[C@H]1COC(C)(C)O1. The van der Waals surface area contributed by atoms with Crippen molar-refractivity contribution in [2.24, 2.45) is 0 Å². The van der Waals surface area contributed by atoms with Crippen LogP contribution in [-0.2, 0) is 35.0 Å². The molecule has 206 valence electrons. The van der Waals surface area contributed by atoms with E-state index in [0.717, 1.165) is 44.8 Å². The summed E-state index contributed by atoms with van der Waals surface area (Å²) >= 11 is 6.55. The minimum atomic E-state index is -0.689. The minimum absolute atomic E-state index is 0.222. The van der Waals surface area contributed by atoms with Crippen LogP contribution in [0.4, 0.5) is 0 Å². The second-order valence-electron chi connectivity index (χ2n) is 11.2. The van der Waals surface area contributed by atoms with Gasteiger partial charge in [-0.25, -0.2) is 0 Å². The van der Waals surface area contributed by atoms with Crippen molar-refractivity contribution in [2.45, 2.75) is 76.5 Å². The van der Waals surface area contributed by atoms with E-state index >= 15 is 0 Å². The highest BCUT2D eigenvalue weighted by Crippen LogP contribution is 2.43. The summed E-state index contributed by atoms with van der Waals surface area (Å²) in [4.78, 5) is 4.82. The fraction of sp³-hybridized carbons (Fsp3) is 0.769. The Bertz CT molecular complexity index is 986. The van der Waals surface area contributed by atoms with Crippen molar-refractivity contribution in [2.75, 3.05) is 52.7 Å². The monoisotopic (exact) mass is 540 g/mol. The van der Waals surface area contributed by atoms with E-state index in [2.05, 4.69) is 9.80 Å². The molecule has 11 heteroatoms. The maximum Gasteiger partial charge on any atom is 0.231 e.